The number of amides is 1. The van der Waals surface area contributed by atoms with Crippen LogP contribution in [-0.4, -0.2) is 20.1 Å². The molecule has 0 unspecified atom stereocenters. The minimum absolute atomic E-state index is 0.101. The van der Waals surface area contributed by atoms with E-state index in [0.717, 1.165) is 6.07 Å². The van der Waals surface area contributed by atoms with Crippen LogP contribution in [0.25, 0.3) is 0 Å². The molecule has 1 N–H and O–H groups in total. The molecule has 0 atom stereocenters. The van der Waals surface area contributed by atoms with Gasteiger partial charge in [0.25, 0.3) is 5.91 Å². The molecule has 0 spiro atoms. The topological polar surface area (TPSA) is 47.6 Å². The van der Waals surface area contributed by atoms with Crippen LogP contribution in [0.3, 0.4) is 0 Å². The van der Waals surface area contributed by atoms with Crippen molar-refractivity contribution in [2.45, 2.75) is 0 Å². The molecule has 2 aromatic rings. The summed E-state index contributed by atoms with van der Waals surface area (Å²) in [5, 5.41) is 2.99. The van der Waals surface area contributed by atoms with Crippen molar-refractivity contribution in [3.63, 3.8) is 0 Å². The first-order valence-corrected chi connectivity index (χ1v) is 6.41. The van der Waals surface area contributed by atoms with Crippen LogP contribution in [0.15, 0.2) is 36.4 Å². The Morgan fingerprint density at radius 1 is 1.10 bits per heavy atom. The van der Waals surface area contributed by atoms with Crippen molar-refractivity contribution in [3.05, 3.63) is 52.8 Å². The molecule has 0 heterocycles. The lowest BCUT2D eigenvalue weighted by atomic mass is 10.1. The second-order valence-electron chi connectivity index (χ2n) is 4.15. The van der Waals surface area contributed by atoms with Gasteiger partial charge in [-0.05, 0) is 36.4 Å². The summed E-state index contributed by atoms with van der Waals surface area (Å²) in [6.07, 6.45) is 0. The maximum Gasteiger partial charge on any atom is 0.259 e. The molecule has 2 aromatic carbocycles. The first-order valence-electron chi connectivity index (χ1n) is 6.03. The molecule has 110 valence electrons. The molecule has 6 heteroatoms. The molecule has 4 nitrogen and oxygen atoms in total. The first kappa shape index (κ1) is 15.1. The minimum atomic E-state index is -0.520. The van der Waals surface area contributed by atoms with E-state index in [9.17, 15) is 9.18 Å². The van der Waals surface area contributed by atoms with E-state index in [4.69, 9.17) is 21.1 Å². The fourth-order valence-electron chi connectivity index (χ4n) is 1.80. The van der Waals surface area contributed by atoms with Gasteiger partial charge in [-0.15, -0.1) is 0 Å². The third-order valence-corrected chi connectivity index (χ3v) is 3.11. The summed E-state index contributed by atoms with van der Waals surface area (Å²) in [6, 6.07) is 8.53. The molecule has 0 aliphatic carbocycles. The summed E-state index contributed by atoms with van der Waals surface area (Å²) in [7, 11) is 2.91. The summed E-state index contributed by atoms with van der Waals surface area (Å²) in [5.41, 5.74) is 0.571. The Morgan fingerprint density at radius 3 is 2.38 bits per heavy atom. The fourth-order valence-corrected chi connectivity index (χ4v) is 2.06. The minimum Gasteiger partial charge on any atom is -0.496 e. The Balaban J connectivity index is 2.26. The Bertz CT molecular complexity index is 676. The number of rotatable bonds is 4. The van der Waals surface area contributed by atoms with Gasteiger partial charge >= 0.3 is 0 Å². The molecule has 0 aliphatic heterocycles. The molecule has 2 rings (SSSR count). The smallest absolute Gasteiger partial charge is 0.259 e. The third kappa shape index (κ3) is 3.44. The maximum atomic E-state index is 13.3. The monoisotopic (exact) mass is 309 g/mol. The zero-order valence-corrected chi connectivity index (χ0v) is 12.2. The molecular formula is C15H13ClFNO3. The van der Waals surface area contributed by atoms with E-state index >= 15 is 0 Å². The first-order chi connectivity index (χ1) is 10.0. The van der Waals surface area contributed by atoms with Crippen LogP contribution in [0, 0.1) is 5.82 Å². The third-order valence-electron chi connectivity index (χ3n) is 2.82. The van der Waals surface area contributed by atoms with Crippen LogP contribution in [0.5, 0.6) is 11.5 Å². The highest BCUT2D eigenvalue weighted by Gasteiger charge is 2.14. The normalized spacial score (nSPS) is 10.1. The standard InChI is InChI=1S/C15H13ClFNO3/c1-20-13-5-3-9(17)7-11(13)15(19)18-10-4-6-14(21-2)12(16)8-10/h3-8H,1-2H3,(H,18,19). The summed E-state index contributed by atoms with van der Waals surface area (Å²) in [6.45, 7) is 0. The SMILES string of the molecule is COc1ccc(NC(=O)c2cc(F)ccc2OC)cc1Cl. The van der Waals surface area contributed by atoms with E-state index in [1.54, 1.807) is 18.2 Å². The van der Waals surface area contributed by atoms with E-state index in [1.807, 2.05) is 0 Å². The van der Waals surface area contributed by atoms with Crippen LogP contribution in [0.2, 0.25) is 5.02 Å². The van der Waals surface area contributed by atoms with Crippen LogP contribution >= 0.6 is 11.6 Å². The van der Waals surface area contributed by atoms with Crippen molar-refractivity contribution in [3.8, 4) is 11.5 Å². The second-order valence-corrected chi connectivity index (χ2v) is 4.56. The van der Waals surface area contributed by atoms with Gasteiger partial charge in [-0.2, -0.15) is 0 Å². The number of ether oxygens (including phenoxy) is 2. The maximum absolute atomic E-state index is 13.3. The van der Waals surface area contributed by atoms with E-state index in [1.165, 1.54) is 26.4 Å². The summed E-state index contributed by atoms with van der Waals surface area (Å²) in [5.74, 6) is -0.229. The van der Waals surface area contributed by atoms with Crippen molar-refractivity contribution in [2.75, 3.05) is 19.5 Å². The van der Waals surface area contributed by atoms with Gasteiger partial charge in [-0.1, -0.05) is 11.6 Å². The average Bonchev–Trinajstić information content (AvgIpc) is 2.47. The van der Waals surface area contributed by atoms with Gasteiger partial charge in [-0.3, -0.25) is 4.79 Å². The highest BCUT2D eigenvalue weighted by molar-refractivity contribution is 6.32. The van der Waals surface area contributed by atoms with Gasteiger partial charge in [0.2, 0.25) is 0 Å². The lowest BCUT2D eigenvalue weighted by molar-refractivity contribution is 0.102. The van der Waals surface area contributed by atoms with Crippen molar-refractivity contribution in [1.29, 1.82) is 0 Å². The van der Waals surface area contributed by atoms with Crippen LogP contribution < -0.4 is 14.8 Å². The number of hydrogen-bond acceptors (Lipinski definition) is 3. The molecule has 0 radical (unpaired) electrons. The lowest BCUT2D eigenvalue weighted by Gasteiger charge is -2.10. The molecule has 0 aliphatic rings. The van der Waals surface area contributed by atoms with E-state index < -0.39 is 11.7 Å². The Kier molecular flexibility index (Phi) is 4.65. The predicted octanol–water partition coefficient (Wildman–Crippen LogP) is 3.75. The zero-order valence-electron chi connectivity index (χ0n) is 11.4. The molecule has 1 amide bonds. The molecule has 21 heavy (non-hydrogen) atoms. The van der Waals surface area contributed by atoms with Crippen molar-refractivity contribution in [1.82, 2.24) is 0 Å². The highest BCUT2D eigenvalue weighted by atomic mass is 35.5. The van der Waals surface area contributed by atoms with Crippen molar-refractivity contribution >= 4 is 23.2 Å². The number of carbonyl (C=O) groups excluding carboxylic acids is 1. The Labute approximate surface area is 126 Å². The molecule has 0 bridgehead atoms. The number of methoxy groups -OCH3 is 2. The van der Waals surface area contributed by atoms with Gasteiger partial charge in [-0.25, -0.2) is 4.39 Å². The molecule has 0 saturated carbocycles. The van der Waals surface area contributed by atoms with Crippen molar-refractivity contribution < 1.29 is 18.7 Å². The summed E-state index contributed by atoms with van der Waals surface area (Å²) >= 11 is 5.98. The van der Waals surface area contributed by atoms with Gasteiger partial charge in [0.15, 0.2) is 0 Å². The number of halogens is 2. The van der Waals surface area contributed by atoms with Crippen LogP contribution in [-0.2, 0) is 0 Å². The van der Waals surface area contributed by atoms with Crippen molar-refractivity contribution in [2.24, 2.45) is 0 Å². The average molecular weight is 310 g/mol. The molecule has 0 aromatic heterocycles. The molecule has 0 saturated heterocycles. The number of anilines is 1. The largest absolute Gasteiger partial charge is 0.496 e. The number of benzene rings is 2. The van der Waals surface area contributed by atoms with Crippen LogP contribution in [0.1, 0.15) is 10.4 Å². The predicted molar refractivity (Wildman–Crippen MR) is 78.9 cm³/mol. The highest BCUT2D eigenvalue weighted by Crippen LogP contribution is 2.28. The van der Waals surface area contributed by atoms with Gasteiger partial charge in [0, 0.05) is 5.69 Å². The Hall–Kier alpha value is -2.27. The van der Waals surface area contributed by atoms with E-state index in [2.05, 4.69) is 5.32 Å². The van der Waals surface area contributed by atoms with Crippen LogP contribution in [0.4, 0.5) is 10.1 Å². The number of nitrogens with one attached hydrogen (secondary N) is 1. The Morgan fingerprint density at radius 2 is 1.76 bits per heavy atom. The quantitative estimate of drug-likeness (QED) is 0.935. The molecular weight excluding hydrogens is 297 g/mol. The van der Waals surface area contributed by atoms with Gasteiger partial charge in [0.05, 0.1) is 24.8 Å². The zero-order chi connectivity index (χ0) is 15.4. The summed E-state index contributed by atoms with van der Waals surface area (Å²) < 4.78 is 23.3. The number of hydrogen-bond donors (Lipinski definition) is 1. The fraction of sp³-hybridized carbons (Fsp3) is 0.133. The number of carbonyl (C=O) groups is 1. The van der Waals surface area contributed by atoms with E-state index in [0.29, 0.717) is 16.5 Å². The summed E-state index contributed by atoms with van der Waals surface area (Å²) in [4.78, 5) is 12.2. The van der Waals surface area contributed by atoms with E-state index in [-0.39, 0.29) is 11.3 Å². The molecule has 0 fully saturated rings. The van der Waals surface area contributed by atoms with Gasteiger partial charge < -0.3 is 14.8 Å². The van der Waals surface area contributed by atoms with Gasteiger partial charge in [0.1, 0.15) is 17.3 Å². The second kappa shape index (κ2) is 6.45. The lowest BCUT2D eigenvalue weighted by Crippen LogP contribution is -2.13.